The predicted octanol–water partition coefficient (Wildman–Crippen LogP) is 5.31. The normalized spacial score (nSPS) is 15.9. The monoisotopic (exact) mass is 507 g/mol. The molecular formula is C29H42BN3O4. The molecule has 37 heavy (non-hydrogen) atoms. The standard InChI is InChI=1S/C29H42BN3O4/c1-4-5-6-8-13-24-20-36-30(37-21-24)25(16-22(2)3)18-28(34)26(17-23-11-9-7-10-12-23)33-29(35)27-19-31-14-15-32-27/h7,9-12,14-15,19,22,24-26H,4-6,8,13,16-18,20-21H2,1-3H3,(H,33,35)/t25-,26+/m1/s1. The number of unbranched alkanes of at least 4 members (excludes halogenated alkanes) is 3. The van der Waals surface area contributed by atoms with Crippen LogP contribution in [0.3, 0.4) is 0 Å². The first-order valence-electron chi connectivity index (χ1n) is 13.8. The zero-order chi connectivity index (χ0) is 26.5. The number of Topliss-reactive ketones (excluding diaryl/α,β-unsaturated/α-hetero) is 1. The molecule has 1 aromatic heterocycles. The number of carbonyl (C=O) groups is 2. The Morgan fingerprint density at radius 2 is 1.84 bits per heavy atom. The number of amides is 1. The molecule has 0 radical (unpaired) electrons. The minimum atomic E-state index is -0.679. The van der Waals surface area contributed by atoms with Gasteiger partial charge in [-0.1, -0.05) is 76.8 Å². The van der Waals surface area contributed by atoms with Gasteiger partial charge in [-0.25, -0.2) is 4.98 Å². The molecule has 8 heteroatoms. The van der Waals surface area contributed by atoms with Crippen LogP contribution in [0.4, 0.5) is 0 Å². The Hall–Kier alpha value is -2.58. The van der Waals surface area contributed by atoms with Gasteiger partial charge in [-0.2, -0.15) is 0 Å². The summed E-state index contributed by atoms with van der Waals surface area (Å²) in [6.07, 6.45) is 12.0. The molecule has 2 aromatic rings. The highest BCUT2D eigenvalue weighted by Crippen LogP contribution is 2.31. The van der Waals surface area contributed by atoms with E-state index in [1.165, 1.54) is 44.3 Å². The van der Waals surface area contributed by atoms with Crippen LogP contribution in [0.1, 0.15) is 81.8 Å². The van der Waals surface area contributed by atoms with E-state index in [0.29, 0.717) is 31.5 Å². The number of carbonyl (C=O) groups excluding carboxylic acids is 2. The zero-order valence-electron chi connectivity index (χ0n) is 22.6. The van der Waals surface area contributed by atoms with E-state index in [1.54, 1.807) is 0 Å². The lowest BCUT2D eigenvalue weighted by Crippen LogP contribution is -2.45. The van der Waals surface area contributed by atoms with E-state index in [1.807, 2.05) is 30.3 Å². The van der Waals surface area contributed by atoms with Crippen LogP contribution in [-0.2, 0) is 20.5 Å². The molecule has 2 heterocycles. The van der Waals surface area contributed by atoms with Crippen LogP contribution in [0.2, 0.25) is 5.82 Å². The van der Waals surface area contributed by atoms with Crippen molar-refractivity contribution in [2.45, 2.75) is 84.0 Å². The van der Waals surface area contributed by atoms with Crippen molar-refractivity contribution in [3.8, 4) is 0 Å². The molecule has 0 bridgehead atoms. The van der Waals surface area contributed by atoms with E-state index >= 15 is 0 Å². The van der Waals surface area contributed by atoms with Crippen molar-refractivity contribution in [2.24, 2.45) is 11.8 Å². The molecule has 1 aromatic carbocycles. The minimum Gasteiger partial charge on any atom is -0.411 e. The van der Waals surface area contributed by atoms with Crippen molar-refractivity contribution in [1.82, 2.24) is 15.3 Å². The quantitative estimate of drug-likeness (QED) is 0.259. The Morgan fingerprint density at radius 1 is 1.08 bits per heavy atom. The SMILES string of the molecule is CCCCCCC1COB([C@@H](CC(=O)[C@H](Cc2ccccc2)NC(=O)c2cnccn2)CC(C)C)OC1. The Labute approximate surface area is 222 Å². The third kappa shape index (κ3) is 10.0. The van der Waals surface area contributed by atoms with E-state index in [2.05, 4.69) is 36.1 Å². The fourth-order valence-electron chi connectivity index (χ4n) is 4.90. The summed E-state index contributed by atoms with van der Waals surface area (Å²) in [5.41, 5.74) is 1.17. The highest BCUT2D eigenvalue weighted by atomic mass is 16.6. The van der Waals surface area contributed by atoms with Crippen LogP contribution in [0, 0.1) is 11.8 Å². The number of nitrogens with zero attached hydrogens (tertiary/aromatic N) is 2. The second kappa shape index (κ2) is 15.6. The first-order chi connectivity index (χ1) is 18.0. The maximum absolute atomic E-state index is 13.7. The second-order valence-corrected chi connectivity index (χ2v) is 10.6. The van der Waals surface area contributed by atoms with E-state index in [9.17, 15) is 9.59 Å². The smallest absolute Gasteiger partial charge is 0.411 e. The number of hydrogen-bond donors (Lipinski definition) is 1. The van der Waals surface area contributed by atoms with Gasteiger partial charge in [0, 0.05) is 43.8 Å². The second-order valence-electron chi connectivity index (χ2n) is 10.6. The van der Waals surface area contributed by atoms with Gasteiger partial charge in [-0.05, 0) is 30.7 Å². The van der Waals surface area contributed by atoms with E-state index < -0.39 is 19.1 Å². The lowest BCUT2D eigenvalue weighted by molar-refractivity contribution is -0.121. The first-order valence-corrected chi connectivity index (χ1v) is 13.8. The van der Waals surface area contributed by atoms with Crippen LogP contribution >= 0.6 is 0 Å². The molecule has 1 aliphatic rings. The number of hydrogen-bond acceptors (Lipinski definition) is 6. The topological polar surface area (TPSA) is 90.4 Å². The Morgan fingerprint density at radius 3 is 2.49 bits per heavy atom. The fraction of sp³-hybridized carbons (Fsp3) is 0.586. The predicted molar refractivity (Wildman–Crippen MR) is 146 cm³/mol. The van der Waals surface area contributed by atoms with E-state index in [4.69, 9.17) is 9.31 Å². The fourth-order valence-corrected chi connectivity index (χ4v) is 4.90. The summed E-state index contributed by atoms with van der Waals surface area (Å²) in [6.45, 7) is 7.87. The average Bonchev–Trinajstić information content (AvgIpc) is 2.91. The van der Waals surface area contributed by atoms with Gasteiger partial charge >= 0.3 is 7.12 Å². The lowest BCUT2D eigenvalue weighted by Gasteiger charge is -2.32. The molecule has 3 rings (SSSR count). The van der Waals surface area contributed by atoms with Crippen LogP contribution in [0.25, 0.3) is 0 Å². The summed E-state index contributed by atoms with van der Waals surface area (Å²) in [4.78, 5) is 34.6. The van der Waals surface area contributed by atoms with Gasteiger partial charge in [0.2, 0.25) is 0 Å². The molecule has 7 nitrogen and oxygen atoms in total. The van der Waals surface area contributed by atoms with Crippen molar-refractivity contribution >= 4 is 18.8 Å². The summed E-state index contributed by atoms with van der Waals surface area (Å²) >= 11 is 0. The summed E-state index contributed by atoms with van der Waals surface area (Å²) in [5.74, 6) is 0.305. The van der Waals surface area contributed by atoms with Gasteiger partial charge < -0.3 is 14.6 Å². The van der Waals surface area contributed by atoms with Gasteiger partial charge in [0.05, 0.1) is 12.2 Å². The van der Waals surface area contributed by atoms with E-state index in [-0.39, 0.29) is 23.7 Å². The Balaban J connectivity index is 1.65. The van der Waals surface area contributed by atoms with Crippen LogP contribution in [-0.4, -0.2) is 48.0 Å². The molecular weight excluding hydrogens is 465 g/mol. The Bertz CT molecular complexity index is 937. The molecule has 1 amide bonds. The maximum atomic E-state index is 13.7. The molecule has 0 aliphatic carbocycles. The highest BCUT2D eigenvalue weighted by Gasteiger charge is 2.38. The number of nitrogens with one attached hydrogen (secondary N) is 1. The first kappa shape index (κ1) is 29.0. The van der Waals surface area contributed by atoms with Gasteiger partial charge in [-0.15, -0.1) is 0 Å². The van der Waals surface area contributed by atoms with Gasteiger partial charge in [0.1, 0.15) is 5.69 Å². The summed E-state index contributed by atoms with van der Waals surface area (Å²) in [5, 5.41) is 2.91. The third-order valence-electron chi connectivity index (χ3n) is 6.85. The molecule has 0 saturated carbocycles. The highest BCUT2D eigenvalue weighted by molar-refractivity contribution is 6.47. The van der Waals surface area contributed by atoms with Crippen molar-refractivity contribution in [3.05, 3.63) is 60.2 Å². The molecule has 0 spiro atoms. The Kier molecular flexibility index (Phi) is 12.2. The van der Waals surface area contributed by atoms with Crippen molar-refractivity contribution < 1.29 is 18.9 Å². The average molecular weight is 507 g/mol. The number of benzene rings is 1. The molecule has 1 fully saturated rings. The molecule has 0 unspecified atom stereocenters. The van der Waals surface area contributed by atoms with Crippen molar-refractivity contribution in [1.29, 1.82) is 0 Å². The largest absolute Gasteiger partial charge is 0.460 e. The van der Waals surface area contributed by atoms with Crippen LogP contribution in [0.15, 0.2) is 48.9 Å². The van der Waals surface area contributed by atoms with Crippen LogP contribution in [0.5, 0.6) is 0 Å². The van der Waals surface area contributed by atoms with Gasteiger partial charge in [-0.3, -0.25) is 14.6 Å². The zero-order valence-corrected chi connectivity index (χ0v) is 22.6. The number of aromatic nitrogens is 2. The summed E-state index contributed by atoms with van der Waals surface area (Å²) < 4.78 is 12.4. The van der Waals surface area contributed by atoms with Crippen molar-refractivity contribution in [2.75, 3.05) is 13.2 Å². The van der Waals surface area contributed by atoms with Crippen molar-refractivity contribution in [3.63, 3.8) is 0 Å². The van der Waals surface area contributed by atoms with Gasteiger partial charge in [0.15, 0.2) is 5.78 Å². The van der Waals surface area contributed by atoms with Gasteiger partial charge in [0.25, 0.3) is 5.91 Å². The summed E-state index contributed by atoms with van der Waals surface area (Å²) in [7, 11) is -0.397. The molecule has 1 N–H and O–H groups in total. The number of ketones is 1. The maximum Gasteiger partial charge on any atom is 0.460 e. The third-order valence-corrected chi connectivity index (χ3v) is 6.85. The molecule has 2 atom stereocenters. The number of rotatable bonds is 15. The molecule has 1 saturated heterocycles. The lowest BCUT2D eigenvalue weighted by atomic mass is 9.64. The minimum absolute atomic E-state index is 0.0272. The molecule has 200 valence electrons. The molecule has 1 aliphatic heterocycles. The van der Waals surface area contributed by atoms with Crippen LogP contribution < -0.4 is 5.32 Å². The van der Waals surface area contributed by atoms with E-state index in [0.717, 1.165) is 18.4 Å². The summed E-state index contributed by atoms with van der Waals surface area (Å²) in [6, 6.07) is 9.06.